The summed E-state index contributed by atoms with van der Waals surface area (Å²) in [6, 6.07) is 10.1. The van der Waals surface area contributed by atoms with E-state index in [1.165, 1.54) is 6.07 Å². The van der Waals surface area contributed by atoms with Crippen LogP contribution in [0, 0.1) is 12.7 Å². The third kappa shape index (κ3) is 3.14. The Labute approximate surface area is 120 Å². The maximum absolute atomic E-state index is 13.9. The molecule has 2 nitrogen and oxygen atoms in total. The summed E-state index contributed by atoms with van der Waals surface area (Å²) in [5.74, 6) is 0.397. The first-order valence-corrected chi connectivity index (χ1v) is 6.76. The number of hydrogen-bond donors (Lipinski definition) is 1. The van der Waals surface area contributed by atoms with Gasteiger partial charge in [0.15, 0.2) is 11.6 Å². The molecule has 0 fully saturated rings. The van der Waals surface area contributed by atoms with Crippen LogP contribution in [0.15, 0.2) is 40.9 Å². The fourth-order valence-corrected chi connectivity index (χ4v) is 2.13. The van der Waals surface area contributed by atoms with Crippen LogP contribution in [0.4, 0.5) is 4.39 Å². The van der Waals surface area contributed by atoms with Gasteiger partial charge in [0.2, 0.25) is 0 Å². The van der Waals surface area contributed by atoms with E-state index in [1.807, 2.05) is 25.1 Å². The molecule has 0 saturated heterocycles. The van der Waals surface area contributed by atoms with Gasteiger partial charge in [0, 0.05) is 16.1 Å². The predicted molar refractivity (Wildman–Crippen MR) is 78.0 cm³/mol. The third-order valence-corrected chi connectivity index (χ3v) is 3.34. The number of rotatable bonds is 3. The second-order valence-corrected chi connectivity index (χ2v) is 5.37. The topological polar surface area (TPSA) is 35.2 Å². The minimum atomic E-state index is -0.408. The summed E-state index contributed by atoms with van der Waals surface area (Å²) in [5, 5.41) is 0. The fourth-order valence-electron chi connectivity index (χ4n) is 1.79. The first-order valence-electron chi connectivity index (χ1n) is 5.97. The number of nitrogens with two attached hydrogens (primary N) is 1. The van der Waals surface area contributed by atoms with Crippen molar-refractivity contribution in [2.24, 2.45) is 5.73 Å². The molecule has 19 heavy (non-hydrogen) atoms. The highest BCUT2D eigenvalue weighted by molar-refractivity contribution is 9.10. The molecular weight excluding hydrogens is 309 g/mol. The van der Waals surface area contributed by atoms with Gasteiger partial charge in [0.1, 0.15) is 5.75 Å². The lowest BCUT2D eigenvalue weighted by Gasteiger charge is -2.15. The van der Waals surface area contributed by atoms with Crippen molar-refractivity contribution in [3.8, 4) is 11.5 Å². The number of halogens is 2. The smallest absolute Gasteiger partial charge is 0.167 e. The van der Waals surface area contributed by atoms with E-state index >= 15 is 0 Å². The van der Waals surface area contributed by atoms with Gasteiger partial charge in [-0.3, -0.25) is 0 Å². The van der Waals surface area contributed by atoms with Crippen LogP contribution in [-0.4, -0.2) is 0 Å². The Morgan fingerprint density at radius 1 is 1.26 bits per heavy atom. The molecule has 0 saturated carbocycles. The van der Waals surface area contributed by atoms with Gasteiger partial charge in [-0.05, 0) is 37.6 Å². The highest BCUT2D eigenvalue weighted by atomic mass is 79.9. The third-order valence-electron chi connectivity index (χ3n) is 2.85. The fraction of sp³-hybridized carbons (Fsp3) is 0.200. The summed E-state index contributed by atoms with van der Waals surface area (Å²) in [7, 11) is 0. The summed E-state index contributed by atoms with van der Waals surface area (Å²) in [4.78, 5) is 0. The maximum Gasteiger partial charge on any atom is 0.167 e. The van der Waals surface area contributed by atoms with Crippen molar-refractivity contribution in [2.45, 2.75) is 19.9 Å². The molecule has 2 rings (SSSR count). The zero-order valence-corrected chi connectivity index (χ0v) is 12.4. The molecule has 0 amide bonds. The second kappa shape index (κ2) is 5.72. The first-order chi connectivity index (χ1) is 8.99. The highest BCUT2D eigenvalue weighted by Gasteiger charge is 2.15. The van der Waals surface area contributed by atoms with Gasteiger partial charge < -0.3 is 10.5 Å². The van der Waals surface area contributed by atoms with Crippen molar-refractivity contribution in [3.05, 3.63) is 57.8 Å². The SMILES string of the molecule is Cc1ccc(Br)cc1Oc1c(F)cccc1C(C)N. The van der Waals surface area contributed by atoms with E-state index in [9.17, 15) is 4.39 Å². The monoisotopic (exact) mass is 323 g/mol. The lowest BCUT2D eigenvalue weighted by atomic mass is 10.1. The number of aryl methyl sites for hydroxylation is 1. The second-order valence-electron chi connectivity index (χ2n) is 4.46. The van der Waals surface area contributed by atoms with E-state index in [2.05, 4.69) is 15.9 Å². The van der Waals surface area contributed by atoms with E-state index in [-0.39, 0.29) is 11.8 Å². The summed E-state index contributed by atoms with van der Waals surface area (Å²) < 4.78 is 20.5. The van der Waals surface area contributed by atoms with Crippen LogP contribution >= 0.6 is 15.9 Å². The van der Waals surface area contributed by atoms with Crippen LogP contribution in [0.1, 0.15) is 24.1 Å². The Bertz CT molecular complexity index is 599. The van der Waals surface area contributed by atoms with E-state index in [1.54, 1.807) is 19.1 Å². The molecule has 2 aromatic carbocycles. The molecule has 1 unspecified atom stereocenters. The van der Waals surface area contributed by atoms with Crippen LogP contribution in [0.5, 0.6) is 11.5 Å². The normalized spacial score (nSPS) is 12.3. The molecule has 2 aromatic rings. The molecule has 0 bridgehead atoms. The van der Waals surface area contributed by atoms with Crippen LogP contribution < -0.4 is 10.5 Å². The molecule has 0 radical (unpaired) electrons. The molecule has 0 heterocycles. The lowest BCUT2D eigenvalue weighted by Crippen LogP contribution is -2.08. The van der Waals surface area contributed by atoms with Crippen molar-refractivity contribution in [3.63, 3.8) is 0 Å². The van der Waals surface area contributed by atoms with Gasteiger partial charge in [0.05, 0.1) is 0 Å². The zero-order chi connectivity index (χ0) is 14.0. The molecule has 0 aliphatic carbocycles. The summed E-state index contributed by atoms with van der Waals surface area (Å²) in [5.41, 5.74) is 7.43. The number of para-hydroxylation sites is 1. The maximum atomic E-state index is 13.9. The predicted octanol–water partition coefficient (Wildman–Crippen LogP) is 4.71. The summed E-state index contributed by atoms with van der Waals surface area (Å²) >= 11 is 3.38. The van der Waals surface area contributed by atoms with Crippen LogP contribution in [0.25, 0.3) is 0 Å². The molecular formula is C15H15BrFNO. The van der Waals surface area contributed by atoms with Crippen molar-refractivity contribution in [1.82, 2.24) is 0 Å². The minimum Gasteiger partial charge on any atom is -0.454 e. The van der Waals surface area contributed by atoms with E-state index in [4.69, 9.17) is 10.5 Å². The highest BCUT2D eigenvalue weighted by Crippen LogP contribution is 2.34. The van der Waals surface area contributed by atoms with Gasteiger partial charge in [-0.25, -0.2) is 4.39 Å². The van der Waals surface area contributed by atoms with Crippen LogP contribution in [0.3, 0.4) is 0 Å². The van der Waals surface area contributed by atoms with Crippen LogP contribution in [-0.2, 0) is 0 Å². The largest absolute Gasteiger partial charge is 0.454 e. The first kappa shape index (κ1) is 14.0. The average Bonchev–Trinajstić information content (AvgIpc) is 2.35. The Morgan fingerprint density at radius 2 is 2.00 bits per heavy atom. The molecule has 2 N–H and O–H groups in total. The van der Waals surface area contributed by atoms with Gasteiger partial charge >= 0.3 is 0 Å². The summed E-state index contributed by atoms with van der Waals surface area (Å²) in [6.45, 7) is 3.71. The van der Waals surface area contributed by atoms with Crippen molar-refractivity contribution < 1.29 is 9.13 Å². The summed E-state index contributed by atoms with van der Waals surface area (Å²) in [6.07, 6.45) is 0. The lowest BCUT2D eigenvalue weighted by molar-refractivity contribution is 0.430. The van der Waals surface area contributed by atoms with Gasteiger partial charge in [-0.15, -0.1) is 0 Å². The average molecular weight is 324 g/mol. The van der Waals surface area contributed by atoms with Crippen molar-refractivity contribution >= 4 is 15.9 Å². The molecule has 0 aliphatic rings. The Kier molecular flexibility index (Phi) is 4.22. The van der Waals surface area contributed by atoms with Gasteiger partial charge in [-0.1, -0.05) is 34.1 Å². The van der Waals surface area contributed by atoms with E-state index < -0.39 is 5.82 Å². The van der Waals surface area contributed by atoms with Gasteiger partial charge in [-0.2, -0.15) is 0 Å². The zero-order valence-electron chi connectivity index (χ0n) is 10.8. The van der Waals surface area contributed by atoms with Crippen molar-refractivity contribution in [1.29, 1.82) is 0 Å². The molecule has 0 spiro atoms. The number of ether oxygens (including phenoxy) is 1. The number of hydrogen-bond acceptors (Lipinski definition) is 2. The molecule has 1 atom stereocenters. The molecule has 0 aromatic heterocycles. The Balaban J connectivity index is 2.46. The van der Waals surface area contributed by atoms with Gasteiger partial charge in [0.25, 0.3) is 0 Å². The minimum absolute atomic E-state index is 0.193. The van der Waals surface area contributed by atoms with Crippen LogP contribution in [0.2, 0.25) is 0 Å². The standard InChI is InChI=1S/C15H15BrFNO/c1-9-6-7-11(16)8-14(9)19-15-12(10(2)18)4-3-5-13(15)17/h3-8,10H,18H2,1-2H3. The molecule has 0 aliphatic heterocycles. The van der Waals surface area contributed by atoms with E-state index in [0.717, 1.165) is 10.0 Å². The van der Waals surface area contributed by atoms with Crippen molar-refractivity contribution in [2.75, 3.05) is 0 Å². The molecule has 100 valence electrons. The number of benzene rings is 2. The molecule has 4 heteroatoms. The quantitative estimate of drug-likeness (QED) is 0.887. The Morgan fingerprint density at radius 3 is 2.68 bits per heavy atom. The van der Waals surface area contributed by atoms with E-state index in [0.29, 0.717) is 11.3 Å². The Hall–Kier alpha value is -1.39.